The van der Waals surface area contributed by atoms with E-state index >= 15 is 0 Å². The molecule has 160 valence electrons. The minimum absolute atomic E-state index is 1.35. The molecule has 26 heavy (non-hydrogen) atoms. The van der Waals surface area contributed by atoms with Gasteiger partial charge >= 0.3 is 10.4 Å². The fraction of sp³-hybridized carbons (Fsp3) is 1.00. The Morgan fingerprint density at radius 3 is 1.12 bits per heavy atom. The van der Waals surface area contributed by atoms with Crippen molar-refractivity contribution in [3.05, 3.63) is 0 Å². The third-order valence-electron chi connectivity index (χ3n) is 4.11. The molecule has 1 N–H and O–H groups in total. The van der Waals surface area contributed by atoms with Crippen LogP contribution in [0.1, 0.15) is 79.1 Å². The monoisotopic (exact) mass is 419 g/mol. The largest absolute Gasteiger partial charge is 0.725 e. The lowest BCUT2D eigenvalue weighted by Gasteiger charge is -2.39. The zero-order valence-corrected chi connectivity index (χ0v) is 18.3. The van der Waals surface area contributed by atoms with E-state index in [0.717, 1.165) is 0 Å². The highest BCUT2D eigenvalue weighted by molar-refractivity contribution is 7.94. The molecule has 0 saturated heterocycles. The van der Waals surface area contributed by atoms with Gasteiger partial charge in [0.2, 0.25) is 10.4 Å². The maximum absolute atomic E-state index is 9.40. The van der Waals surface area contributed by atoms with Crippen molar-refractivity contribution in [2.75, 3.05) is 26.2 Å². The second kappa shape index (κ2) is 14.8. The number of rotatable bonds is 14. The fourth-order valence-electron chi connectivity index (χ4n) is 2.75. The lowest BCUT2D eigenvalue weighted by atomic mass is 10.1. The Kier molecular flexibility index (Phi) is 15.9. The summed E-state index contributed by atoms with van der Waals surface area (Å²) in [6.07, 6.45) is 11.1. The normalized spacial score (nSPS) is 12.5. The number of unbranched alkanes of at least 4 members (excludes halogenated alkanes) is 4. The molecule has 0 aliphatic heterocycles. The molecular weight excluding hydrogens is 382 g/mol. The van der Waals surface area contributed by atoms with Crippen LogP contribution < -0.4 is 0 Å². The molecule has 0 saturated carbocycles. The quantitative estimate of drug-likeness (QED) is 0.260. The van der Waals surface area contributed by atoms with E-state index in [1.807, 2.05) is 0 Å². The number of hydrogen-bond acceptors (Lipinski definition) is 6. The van der Waals surface area contributed by atoms with Crippen molar-refractivity contribution < 1.29 is 34.1 Å². The van der Waals surface area contributed by atoms with E-state index in [9.17, 15) is 21.4 Å². The molecule has 0 radical (unpaired) electrons. The predicted octanol–water partition coefficient (Wildman–Crippen LogP) is 3.27. The van der Waals surface area contributed by atoms with Crippen molar-refractivity contribution in [2.45, 2.75) is 79.1 Å². The van der Waals surface area contributed by atoms with E-state index in [2.05, 4.69) is 31.3 Å². The van der Waals surface area contributed by atoms with Crippen LogP contribution in [0.3, 0.4) is 0 Å². The lowest BCUT2D eigenvalue weighted by molar-refractivity contribution is -0.929. The summed E-state index contributed by atoms with van der Waals surface area (Å²) < 4.78 is 58.3. The van der Waals surface area contributed by atoms with E-state index in [1.165, 1.54) is 82.0 Å². The van der Waals surface area contributed by atoms with Gasteiger partial charge in [0.25, 0.3) is 0 Å². The Morgan fingerprint density at radius 2 is 1.00 bits per heavy atom. The average molecular weight is 420 g/mol. The zero-order chi connectivity index (χ0) is 20.7. The van der Waals surface area contributed by atoms with Crippen LogP contribution >= 0.6 is 0 Å². The van der Waals surface area contributed by atoms with Crippen LogP contribution in [-0.4, -0.2) is 56.6 Å². The van der Waals surface area contributed by atoms with E-state index in [-0.39, 0.29) is 0 Å². The third kappa shape index (κ3) is 18.5. The standard InChI is InChI=1S/C16H36N.H2O7S2/c1-5-9-13-17(14-10-6-2,15-11-7-3)16-12-8-4;1-8(2,3)7-9(4,5)6/h5-16H2,1-4H3;(H,1,2,3)(H,4,5,6)/q+1;/p-1. The van der Waals surface area contributed by atoms with Gasteiger partial charge in [-0.3, -0.25) is 4.55 Å². The molecule has 0 aromatic rings. The van der Waals surface area contributed by atoms with Crippen LogP contribution in [0.4, 0.5) is 0 Å². The Morgan fingerprint density at radius 1 is 0.731 bits per heavy atom. The predicted molar refractivity (Wildman–Crippen MR) is 102 cm³/mol. The number of nitrogens with zero attached hydrogens (tertiary/aromatic N) is 1. The number of hydrogen-bond donors (Lipinski definition) is 1. The first-order valence-electron chi connectivity index (χ1n) is 9.44. The highest BCUT2D eigenvalue weighted by Gasteiger charge is 2.24. The first-order chi connectivity index (χ1) is 11.9. The van der Waals surface area contributed by atoms with Crippen LogP contribution in [0.15, 0.2) is 0 Å². The summed E-state index contributed by atoms with van der Waals surface area (Å²) in [4.78, 5) is 0. The van der Waals surface area contributed by atoms with Gasteiger partial charge in [0, 0.05) is 0 Å². The van der Waals surface area contributed by atoms with Gasteiger partial charge in [-0.1, -0.05) is 53.4 Å². The summed E-state index contributed by atoms with van der Waals surface area (Å²) in [7, 11) is -10.6. The van der Waals surface area contributed by atoms with Crippen LogP contribution in [-0.2, 0) is 24.4 Å². The molecule has 0 spiro atoms. The summed E-state index contributed by atoms with van der Waals surface area (Å²) in [5, 5.41) is 0. The minimum Gasteiger partial charge on any atom is -0.725 e. The molecule has 0 amide bonds. The van der Waals surface area contributed by atoms with Gasteiger partial charge in [-0.25, -0.2) is 8.42 Å². The SMILES string of the molecule is CCCC[N+](CCCC)(CCCC)CCCC.O=S(=O)([O-])OS(=O)(=O)O. The molecule has 0 aromatic heterocycles. The van der Waals surface area contributed by atoms with Gasteiger partial charge in [0.15, 0.2) is 0 Å². The molecule has 8 nitrogen and oxygen atoms in total. The van der Waals surface area contributed by atoms with Crippen molar-refractivity contribution in [1.29, 1.82) is 0 Å². The highest BCUT2D eigenvalue weighted by Crippen LogP contribution is 2.16. The summed E-state index contributed by atoms with van der Waals surface area (Å²) in [6, 6.07) is 0. The van der Waals surface area contributed by atoms with Crippen LogP contribution in [0.5, 0.6) is 0 Å². The molecule has 10 heteroatoms. The third-order valence-corrected chi connectivity index (χ3v) is 5.47. The summed E-state index contributed by atoms with van der Waals surface area (Å²) in [5.41, 5.74) is 0. The van der Waals surface area contributed by atoms with Crippen molar-refractivity contribution >= 4 is 20.8 Å². The van der Waals surface area contributed by atoms with Gasteiger partial charge in [-0.15, -0.1) is 3.63 Å². The Labute approximate surface area is 160 Å². The van der Waals surface area contributed by atoms with Gasteiger partial charge in [-0.2, -0.15) is 8.42 Å². The van der Waals surface area contributed by atoms with Crippen molar-refractivity contribution in [1.82, 2.24) is 0 Å². The van der Waals surface area contributed by atoms with Gasteiger partial charge in [0.1, 0.15) is 0 Å². The number of quaternary nitrogens is 1. The van der Waals surface area contributed by atoms with Crippen LogP contribution in [0.2, 0.25) is 0 Å². The maximum Gasteiger partial charge on any atom is 0.411 e. The summed E-state index contributed by atoms with van der Waals surface area (Å²) in [6.45, 7) is 15.0. The van der Waals surface area contributed by atoms with E-state index < -0.39 is 20.8 Å². The van der Waals surface area contributed by atoms with E-state index in [1.54, 1.807) is 0 Å². The second-order valence-electron chi connectivity index (χ2n) is 6.55. The molecule has 0 rings (SSSR count). The molecule has 0 bridgehead atoms. The molecule has 0 aromatic carbocycles. The average Bonchev–Trinajstić information content (AvgIpc) is 2.50. The molecule has 0 aliphatic rings. The van der Waals surface area contributed by atoms with Gasteiger partial charge in [-0.05, 0) is 25.7 Å². The van der Waals surface area contributed by atoms with E-state index in [0.29, 0.717) is 0 Å². The molecule has 0 atom stereocenters. The van der Waals surface area contributed by atoms with Crippen LogP contribution in [0, 0.1) is 0 Å². The molecule has 0 unspecified atom stereocenters. The van der Waals surface area contributed by atoms with Crippen LogP contribution in [0.25, 0.3) is 0 Å². The first-order valence-corrected chi connectivity index (χ1v) is 12.1. The summed E-state index contributed by atoms with van der Waals surface area (Å²) >= 11 is 0. The van der Waals surface area contributed by atoms with Crippen molar-refractivity contribution in [2.24, 2.45) is 0 Å². The Bertz CT molecular complexity index is 465. The molecule has 0 heterocycles. The molecule has 0 aliphatic carbocycles. The Hall–Kier alpha value is -0.260. The zero-order valence-electron chi connectivity index (χ0n) is 16.6. The maximum atomic E-state index is 9.40. The topological polar surface area (TPSA) is 121 Å². The van der Waals surface area contributed by atoms with Gasteiger partial charge in [0.05, 0.1) is 26.2 Å². The van der Waals surface area contributed by atoms with Crippen molar-refractivity contribution in [3.63, 3.8) is 0 Å². The molecular formula is C16H37NO7S2. The van der Waals surface area contributed by atoms with Crippen molar-refractivity contribution in [3.8, 4) is 0 Å². The highest BCUT2D eigenvalue weighted by atomic mass is 32.3. The minimum atomic E-state index is -5.37. The first kappa shape index (κ1) is 28.0. The molecule has 0 fully saturated rings. The smallest absolute Gasteiger partial charge is 0.411 e. The Balaban J connectivity index is 0. The second-order valence-corrected chi connectivity index (χ2v) is 8.77. The van der Waals surface area contributed by atoms with E-state index in [4.69, 9.17) is 4.55 Å². The van der Waals surface area contributed by atoms with Gasteiger partial charge < -0.3 is 9.04 Å². The summed E-state index contributed by atoms with van der Waals surface area (Å²) in [5.74, 6) is 0. The fourth-order valence-corrected chi connectivity index (χ4v) is 3.59. The lowest BCUT2D eigenvalue weighted by Crippen LogP contribution is -2.50.